The van der Waals surface area contributed by atoms with Gasteiger partial charge in [0.2, 0.25) is 5.76 Å². The molecule has 1 heterocycles. The molecule has 0 aliphatic rings. The molecule has 0 spiro atoms. The van der Waals surface area contributed by atoms with E-state index >= 15 is 0 Å². The zero-order valence-electron chi connectivity index (χ0n) is 7.77. The van der Waals surface area contributed by atoms with Crippen molar-refractivity contribution >= 4 is 11.9 Å². The first-order chi connectivity index (χ1) is 6.50. The molecule has 1 aromatic rings. The first-order valence-electron chi connectivity index (χ1n) is 3.97. The Kier molecular flexibility index (Phi) is 2.85. The monoisotopic (exact) mass is 198 g/mol. The van der Waals surface area contributed by atoms with Crippen molar-refractivity contribution in [3.05, 3.63) is 17.5 Å². The lowest BCUT2D eigenvalue weighted by Gasteiger charge is -2.05. The molecule has 0 aliphatic carbocycles. The van der Waals surface area contributed by atoms with Crippen molar-refractivity contribution in [1.82, 2.24) is 10.5 Å². The van der Waals surface area contributed by atoms with E-state index in [9.17, 15) is 9.59 Å². The van der Waals surface area contributed by atoms with E-state index < -0.39 is 17.9 Å². The summed E-state index contributed by atoms with van der Waals surface area (Å²) in [6, 6.07) is 0.483. The summed E-state index contributed by atoms with van der Waals surface area (Å²) in [5, 5.41) is 14.3. The minimum Gasteiger partial charge on any atom is -0.480 e. The summed E-state index contributed by atoms with van der Waals surface area (Å²) in [7, 11) is 0. The Morgan fingerprint density at radius 3 is 2.71 bits per heavy atom. The molecule has 1 rings (SSSR count). The molecule has 6 heteroatoms. The van der Waals surface area contributed by atoms with Gasteiger partial charge in [-0.05, 0) is 13.8 Å². The first-order valence-corrected chi connectivity index (χ1v) is 3.97. The predicted octanol–water partition coefficient (Wildman–Crippen LogP) is 0.186. The number of aromatic nitrogens is 1. The lowest BCUT2D eigenvalue weighted by molar-refractivity contribution is -0.138. The van der Waals surface area contributed by atoms with Crippen molar-refractivity contribution in [2.45, 2.75) is 19.9 Å². The summed E-state index contributed by atoms with van der Waals surface area (Å²) < 4.78 is 4.65. The molecule has 0 radical (unpaired) electrons. The third-order valence-electron chi connectivity index (χ3n) is 1.57. The van der Waals surface area contributed by atoms with Crippen molar-refractivity contribution in [2.75, 3.05) is 0 Å². The molecular formula is C8H10N2O4. The minimum absolute atomic E-state index is 0.00981. The summed E-state index contributed by atoms with van der Waals surface area (Å²) in [5.74, 6) is -1.68. The van der Waals surface area contributed by atoms with Gasteiger partial charge in [-0.1, -0.05) is 5.16 Å². The number of rotatable bonds is 3. The third kappa shape index (κ3) is 2.32. The fraction of sp³-hybridized carbons (Fsp3) is 0.375. The van der Waals surface area contributed by atoms with Crippen LogP contribution in [0.1, 0.15) is 23.2 Å². The molecule has 1 aromatic heterocycles. The number of nitrogens with zero attached hydrogens (tertiary/aromatic N) is 1. The van der Waals surface area contributed by atoms with Crippen molar-refractivity contribution in [1.29, 1.82) is 0 Å². The van der Waals surface area contributed by atoms with Crippen LogP contribution in [0.5, 0.6) is 0 Å². The SMILES string of the molecule is Cc1cc(C(=O)NC(C)C(=O)O)on1. The van der Waals surface area contributed by atoms with E-state index in [4.69, 9.17) is 5.11 Å². The molecule has 1 atom stereocenters. The first kappa shape index (κ1) is 10.2. The van der Waals surface area contributed by atoms with Gasteiger partial charge >= 0.3 is 5.97 Å². The molecule has 2 N–H and O–H groups in total. The smallest absolute Gasteiger partial charge is 0.325 e. The average Bonchev–Trinajstić information content (AvgIpc) is 2.51. The van der Waals surface area contributed by atoms with Crippen LogP contribution in [0.15, 0.2) is 10.6 Å². The van der Waals surface area contributed by atoms with Crippen molar-refractivity contribution in [3.63, 3.8) is 0 Å². The standard InChI is InChI=1S/C8H10N2O4/c1-4-3-6(14-10-4)7(11)9-5(2)8(12)13/h3,5H,1-2H3,(H,9,11)(H,12,13). The van der Waals surface area contributed by atoms with Gasteiger partial charge < -0.3 is 14.9 Å². The summed E-state index contributed by atoms with van der Waals surface area (Å²) in [4.78, 5) is 21.7. The molecule has 6 nitrogen and oxygen atoms in total. The molecule has 0 aromatic carbocycles. The van der Waals surface area contributed by atoms with E-state index in [0.29, 0.717) is 5.69 Å². The van der Waals surface area contributed by atoms with Gasteiger partial charge in [0.15, 0.2) is 0 Å². The molecule has 0 aliphatic heterocycles. The second kappa shape index (κ2) is 3.91. The van der Waals surface area contributed by atoms with Gasteiger partial charge in [-0.2, -0.15) is 0 Å². The van der Waals surface area contributed by atoms with Crippen LogP contribution in [0.3, 0.4) is 0 Å². The summed E-state index contributed by atoms with van der Waals surface area (Å²) in [6.45, 7) is 3.03. The summed E-state index contributed by atoms with van der Waals surface area (Å²) in [6.07, 6.45) is 0. The van der Waals surface area contributed by atoms with Gasteiger partial charge in [-0.3, -0.25) is 9.59 Å². The second-order valence-electron chi connectivity index (χ2n) is 2.87. The van der Waals surface area contributed by atoms with Crippen LogP contribution in [0.2, 0.25) is 0 Å². The Morgan fingerprint density at radius 1 is 1.64 bits per heavy atom. The van der Waals surface area contributed by atoms with Crippen LogP contribution in [0.25, 0.3) is 0 Å². The van der Waals surface area contributed by atoms with E-state index in [0.717, 1.165) is 0 Å². The van der Waals surface area contributed by atoms with Gasteiger partial charge in [0, 0.05) is 6.07 Å². The molecular weight excluding hydrogens is 188 g/mol. The molecule has 76 valence electrons. The highest BCUT2D eigenvalue weighted by Gasteiger charge is 2.17. The topological polar surface area (TPSA) is 92.4 Å². The maximum Gasteiger partial charge on any atom is 0.325 e. The Hall–Kier alpha value is -1.85. The Morgan fingerprint density at radius 2 is 2.29 bits per heavy atom. The summed E-state index contributed by atoms with van der Waals surface area (Å²) in [5.41, 5.74) is 0.568. The Bertz CT molecular complexity index is 358. The Balaban J connectivity index is 2.63. The number of carbonyl (C=O) groups is 2. The predicted molar refractivity (Wildman–Crippen MR) is 45.8 cm³/mol. The van der Waals surface area contributed by atoms with Crippen LogP contribution in [-0.4, -0.2) is 28.2 Å². The number of nitrogens with one attached hydrogen (secondary N) is 1. The van der Waals surface area contributed by atoms with Gasteiger partial charge in [0.1, 0.15) is 6.04 Å². The number of hydrogen-bond acceptors (Lipinski definition) is 4. The minimum atomic E-state index is -1.10. The van der Waals surface area contributed by atoms with Gasteiger partial charge in [0.05, 0.1) is 5.69 Å². The fourth-order valence-corrected chi connectivity index (χ4v) is 0.800. The number of aryl methyl sites for hydroxylation is 1. The zero-order valence-corrected chi connectivity index (χ0v) is 7.77. The van der Waals surface area contributed by atoms with Crippen molar-refractivity contribution in [2.24, 2.45) is 0 Å². The van der Waals surface area contributed by atoms with E-state index in [1.807, 2.05) is 0 Å². The summed E-state index contributed by atoms with van der Waals surface area (Å²) >= 11 is 0. The number of amides is 1. The number of carboxylic acid groups (broad SMARTS) is 1. The van der Waals surface area contributed by atoms with Crippen LogP contribution >= 0.6 is 0 Å². The van der Waals surface area contributed by atoms with Gasteiger partial charge in [-0.25, -0.2) is 0 Å². The highest BCUT2D eigenvalue weighted by Crippen LogP contribution is 2.01. The van der Waals surface area contributed by atoms with E-state index in [-0.39, 0.29) is 5.76 Å². The quantitative estimate of drug-likeness (QED) is 0.723. The average molecular weight is 198 g/mol. The maximum atomic E-state index is 11.3. The molecule has 14 heavy (non-hydrogen) atoms. The van der Waals surface area contributed by atoms with Crippen LogP contribution in [0.4, 0.5) is 0 Å². The van der Waals surface area contributed by atoms with Crippen molar-refractivity contribution in [3.8, 4) is 0 Å². The highest BCUT2D eigenvalue weighted by atomic mass is 16.5. The van der Waals surface area contributed by atoms with Crippen LogP contribution in [-0.2, 0) is 4.79 Å². The van der Waals surface area contributed by atoms with Crippen LogP contribution < -0.4 is 5.32 Å². The molecule has 0 bridgehead atoms. The highest BCUT2D eigenvalue weighted by molar-refractivity contribution is 5.94. The van der Waals surface area contributed by atoms with E-state index in [1.165, 1.54) is 13.0 Å². The molecule has 1 amide bonds. The number of carbonyl (C=O) groups excluding carboxylic acids is 1. The van der Waals surface area contributed by atoms with Crippen LogP contribution in [0, 0.1) is 6.92 Å². The zero-order chi connectivity index (χ0) is 10.7. The number of carboxylic acids is 1. The van der Waals surface area contributed by atoms with Gasteiger partial charge in [-0.15, -0.1) is 0 Å². The number of hydrogen-bond donors (Lipinski definition) is 2. The largest absolute Gasteiger partial charge is 0.480 e. The van der Waals surface area contributed by atoms with Gasteiger partial charge in [0.25, 0.3) is 5.91 Å². The molecule has 0 saturated heterocycles. The lowest BCUT2D eigenvalue weighted by Crippen LogP contribution is -2.38. The molecule has 1 unspecified atom stereocenters. The second-order valence-corrected chi connectivity index (χ2v) is 2.87. The normalized spacial score (nSPS) is 12.1. The maximum absolute atomic E-state index is 11.3. The van der Waals surface area contributed by atoms with E-state index in [1.54, 1.807) is 6.92 Å². The molecule has 0 saturated carbocycles. The lowest BCUT2D eigenvalue weighted by atomic mass is 10.3. The number of aliphatic carboxylic acids is 1. The Labute approximate surface area is 79.9 Å². The van der Waals surface area contributed by atoms with E-state index in [2.05, 4.69) is 15.0 Å². The van der Waals surface area contributed by atoms with Crippen molar-refractivity contribution < 1.29 is 19.2 Å². The molecule has 0 fully saturated rings. The fourth-order valence-electron chi connectivity index (χ4n) is 0.800. The third-order valence-corrected chi connectivity index (χ3v) is 1.57.